The van der Waals surface area contributed by atoms with Gasteiger partial charge in [-0.3, -0.25) is 0 Å². The molecule has 1 saturated heterocycles. The van der Waals surface area contributed by atoms with Crippen LogP contribution in [0.25, 0.3) is 0 Å². The van der Waals surface area contributed by atoms with E-state index in [1.165, 1.54) is 11.1 Å². The molecule has 0 atom stereocenters. The van der Waals surface area contributed by atoms with Gasteiger partial charge in [-0.05, 0) is 29.7 Å². The number of methoxy groups -OCH3 is 1. The Labute approximate surface area is 89.4 Å². The van der Waals surface area contributed by atoms with Crippen molar-refractivity contribution in [2.75, 3.05) is 26.9 Å². The first kappa shape index (κ1) is 9.19. The quantitative estimate of drug-likeness (QED) is 0.744. The fourth-order valence-corrected chi connectivity index (χ4v) is 2.47. The van der Waals surface area contributed by atoms with E-state index in [4.69, 9.17) is 9.47 Å². The summed E-state index contributed by atoms with van der Waals surface area (Å²) in [5, 5.41) is 3.56. The van der Waals surface area contributed by atoms with Crippen molar-refractivity contribution < 1.29 is 9.47 Å². The van der Waals surface area contributed by atoms with Crippen LogP contribution in [-0.4, -0.2) is 26.9 Å². The Morgan fingerprint density at radius 1 is 1.40 bits per heavy atom. The van der Waals surface area contributed by atoms with Crippen LogP contribution in [-0.2, 0) is 16.7 Å². The minimum atomic E-state index is 0.0971. The van der Waals surface area contributed by atoms with E-state index in [0.29, 0.717) is 0 Å². The largest absolute Gasteiger partial charge is 0.497 e. The molecule has 3 nitrogen and oxygen atoms in total. The Morgan fingerprint density at radius 2 is 2.27 bits per heavy atom. The van der Waals surface area contributed by atoms with Gasteiger partial charge < -0.3 is 14.8 Å². The first-order chi connectivity index (χ1) is 7.34. The van der Waals surface area contributed by atoms with Crippen LogP contribution in [0.2, 0.25) is 0 Å². The average Bonchev–Trinajstić information content (AvgIpc) is 2.25. The molecule has 2 aliphatic rings. The summed E-state index contributed by atoms with van der Waals surface area (Å²) in [5.41, 5.74) is 2.89. The van der Waals surface area contributed by atoms with Crippen molar-refractivity contribution in [3.63, 3.8) is 0 Å². The Morgan fingerprint density at radius 3 is 2.93 bits per heavy atom. The summed E-state index contributed by atoms with van der Waals surface area (Å²) in [7, 11) is 1.71. The number of ether oxygens (including phenoxy) is 2. The monoisotopic (exact) mass is 205 g/mol. The fraction of sp³-hybridized carbons (Fsp3) is 0.500. The second-order valence-electron chi connectivity index (χ2n) is 4.27. The lowest BCUT2D eigenvalue weighted by Crippen LogP contribution is -2.60. The molecule has 3 heteroatoms. The Bertz CT molecular complexity index is 385. The van der Waals surface area contributed by atoms with E-state index in [0.717, 1.165) is 31.9 Å². The smallest absolute Gasteiger partial charge is 0.119 e. The van der Waals surface area contributed by atoms with Gasteiger partial charge in [0.2, 0.25) is 0 Å². The van der Waals surface area contributed by atoms with E-state index < -0.39 is 0 Å². The molecule has 2 heterocycles. The topological polar surface area (TPSA) is 30.5 Å². The van der Waals surface area contributed by atoms with Crippen LogP contribution in [0, 0.1) is 0 Å². The number of rotatable bonds is 1. The number of fused-ring (bicyclic) bond motifs is 2. The highest BCUT2D eigenvalue weighted by Crippen LogP contribution is 2.36. The molecule has 0 radical (unpaired) electrons. The van der Waals surface area contributed by atoms with Crippen LogP contribution in [0.1, 0.15) is 11.1 Å². The number of benzene rings is 1. The molecule has 0 aliphatic carbocycles. The van der Waals surface area contributed by atoms with Crippen molar-refractivity contribution in [3.8, 4) is 5.75 Å². The highest BCUT2D eigenvalue weighted by atomic mass is 16.5. The average molecular weight is 205 g/mol. The van der Waals surface area contributed by atoms with Gasteiger partial charge in [-0.1, -0.05) is 6.07 Å². The van der Waals surface area contributed by atoms with Gasteiger partial charge in [-0.25, -0.2) is 0 Å². The molecule has 1 spiro atoms. The molecule has 2 aliphatic heterocycles. The van der Waals surface area contributed by atoms with Crippen molar-refractivity contribution in [1.29, 1.82) is 0 Å². The molecule has 1 fully saturated rings. The molecular weight excluding hydrogens is 190 g/mol. The molecule has 15 heavy (non-hydrogen) atoms. The van der Waals surface area contributed by atoms with Gasteiger partial charge in [-0.2, -0.15) is 0 Å². The van der Waals surface area contributed by atoms with E-state index in [9.17, 15) is 0 Å². The van der Waals surface area contributed by atoms with E-state index in [2.05, 4.69) is 17.4 Å². The molecule has 0 amide bonds. The number of hydrogen-bond acceptors (Lipinski definition) is 3. The summed E-state index contributed by atoms with van der Waals surface area (Å²) in [4.78, 5) is 0. The van der Waals surface area contributed by atoms with E-state index >= 15 is 0 Å². The van der Waals surface area contributed by atoms with Gasteiger partial charge in [0.05, 0.1) is 25.9 Å². The van der Waals surface area contributed by atoms with Gasteiger partial charge in [0.25, 0.3) is 0 Å². The SMILES string of the molecule is COc1ccc2c(c1)CCNC21COC1. The van der Waals surface area contributed by atoms with Crippen LogP contribution in [0.15, 0.2) is 18.2 Å². The van der Waals surface area contributed by atoms with Crippen LogP contribution in [0.5, 0.6) is 5.75 Å². The Kier molecular flexibility index (Phi) is 1.97. The highest BCUT2D eigenvalue weighted by Gasteiger charge is 2.43. The molecule has 0 unspecified atom stereocenters. The maximum atomic E-state index is 5.34. The fourth-order valence-electron chi connectivity index (χ4n) is 2.47. The molecule has 0 bridgehead atoms. The zero-order valence-electron chi connectivity index (χ0n) is 8.88. The maximum Gasteiger partial charge on any atom is 0.119 e. The highest BCUT2D eigenvalue weighted by molar-refractivity contribution is 5.43. The third kappa shape index (κ3) is 1.27. The lowest BCUT2D eigenvalue weighted by atomic mass is 9.81. The maximum absolute atomic E-state index is 5.34. The van der Waals surface area contributed by atoms with Crippen LogP contribution in [0.3, 0.4) is 0 Å². The van der Waals surface area contributed by atoms with Crippen molar-refractivity contribution in [1.82, 2.24) is 5.32 Å². The first-order valence-electron chi connectivity index (χ1n) is 5.34. The van der Waals surface area contributed by atoms with Gasteiger partial charge in [0.15, 0.2) is 0 Å². The molecule has 0 aromatic heterocycles. The summed E-state index contributed by atoms with van der Waals surface area (Å²) in [6, 6.07) is 6.35. The minimum Gasteiger partial charge on any atom is -0.497 e. The standard InChI is InChI=1S/C12H15NO2/c1-14-10-2-3-11-9(6-10)4-5-13-12(11)7-15-8-12/h2-3,6,13H,4-5,7-8H2,1H3. The molecule has 1 aromatic rings. The normalized spacial score (nSPS) is 21.9. The lowest BCUT2D eigenvalue weighted by molar-refractivity contribution is -0.0814. The molecule has 1 aromatic carbocycles. The van der Waals surface area contributed by atoms with Crippen LogP contribution in [0.4, 0.5) is 0 Å². The minimum absolute atomic E-state index is 0.0971. The van der Waals surface area contributed by atoms with E-state index in [1.807, 2.05) is 6.07 Å². The summed E-state index contributed by atoms with van der Waals surface area (Å²) in [6.45, 7) is 2.63. The van der Waals surface area contributed by atoms with Crippen LogP contribution < -0.4 is 10.1 Å². The van der Waals surface area contributed by atoms with E-state index in [1.54, 1.807) is 7.11 Å². The summed E-state index contributed by atoms with van der Waals surface area (Å²) < 4.78 is 10.6. The summed E-state index contributed by atoms with van der Waals surface area (Å²) in [6.07, 6.45) is 1.08. The van der Waals surface area contributed by atoms with Gasteiger partial charge >= 0.3 is 0 Å². The van der Waals surface area contributed by atoms with Gasteiger partial charge in [-0.15, -0.1) is 0 Å². The van der Waals surface area contributed by atoms with E-state index in [-0.39, 0.29) is 5.54 Å². The third-order valence-electron chi connectivity index (χ3n) is 3.38. The lowest BCUT2D eigenvalue weighted by Gasteiger charge is -2.46. The van der Waals surface area contributed by atoms with Crippen molar-refractivity contribution >= 4 is 0 Å². The second kappa shape index (κ2) is 3.22. The summed E-state index contributed by atoms with van der Waals surface area (Å²) in [5.74, 6) is 0.950. The van der Waals surface area contributed by atoms with Crippen molar-refractivity contribution in [2.45, 2.75) is 12.0 Å². The van der Waals surface area contributed by atoms with Gasteiger partial charge in [0, 0.05) is 6.54 Å². The molecular formula is C12H15NO2. The predicted octanol–water partition coefficient (Wildman–Crippen LogP) is 1.07. The first-order valence-corrected chi connectivity index (χ1v) is 5.34. The summed E-state index contributed by atoms with van der Waals surface area (Å²) >= 11 is 0. The second-order valence-corrected chi connectivity index (χ2v) is 4.27. The molecule has 80 valence electrons. The van der Waals surface area contributed by atoms with Crippen molar-refractivity contribution in [3.05, 3.63) is 29.3 Å². The third-order valence-corrected chi connectivity index (χ3v) is 3.38. The number of hydrogen-bond donors (Lipinski definition) is 1. The Balaban J connectivity index is 2.05. The predicted molar refractivity (Wildman–Crippen MR) is 57.2 cm³/mol. The van der Waals surface area contributed by atoms with Crippen molar-refractivity contribution in [2.24, 2.45) is 0 Å². The van der Waals surface area contributed by atoms with Crippen LogP contribution >= 0.6 is 0 Å². The molecule has 1 N–H and O–H groups in total. The molecule has 0 saturated carbocycles. The zero-order valence-corrected chi connectivity index (χ0v) is 8.88. The zero-order chi connectivity index (χ0) is 10.3. The van der Waals surface area contributed by atoms with Gasteiger partial charge in [0.1, 0.15) is 5.75 Å². The number of nitrogens with one attached hydrogen (secondary N) is 1. The molecule has 3 rings (SSSR count). The Hall–Kier alpha value is -1.06.